The van der Waals surface area contributed by atoms with Gasteiger partial charge >= 0.3 is 0 Å². The molecule has 2 atom stereocenters. The number of aryl methyl sites for hydroxylation is 2. The Morgan fingerprint density at radius 3 is 2.19 bits per heavy atom. The molecular formula is C15H23N. The summed E-state index contributed by atoms with van der Waals surface area (Å²) >= 11 is 0. The van der Waals surface area contributed by atoms with E-state index >= 15 is 0 Å². The van der Waals surface area contributed by atoms with Gasteiger partial charge in [0.05, 0.1) is 0 Å². The maximum Gasteiger partial charge on any atom is -0.00208 e. The lowest BCUT2D eigenvalue weighted by molar-refractivity contribution is 0.174. The molecule has 16 heavy (non-hydrogen) atoms. The monoisotopic (exact) mass is 217 g/mol. The molecule has 1 aromatic rings. The van der Waals surface area contributed by atoms with Crippen molar-refractivity contribution in [3.05, 3.63) is 34.9 Å². The molecule has 88 valence electrons. The second-order valence-electron chi connectivity index (χ2n) is 5.36. The van der Waals surface area contributed by atoms with Crippen LogP contribution in [0.1, 0.15) is 29.5 Å². The van der Waals surface area contributed by atoms with Gasteiger partial charge in [-0.2, -0.15) is 0 Å². The zero-order valence-corrected chi connectivity index (χ0v) is 10.7. The van der Waals surface area contributed by atoms with Gasteiger partial charge in [0.25, 0.3) is 0 Å². The van der Waals surface area contributed by atoms with Crippen molar-refractivity contribution in [2.75, 3.05) is 13.6 Å². The first-order valence-electron chi connectivity index (χ1n) is 6.41. The van der Waals surface area contributed by atoms with E-state index in [1.54, 1.807) is 0 Å². The molecule has 1 fully saturated rings. The smallest absolute Gasteiger partial charge is 0.00208 e. The molecular weight excluding hydrogens is 194 g/mol. The van der Waals surface area contributed by atoms with Crippen molar-refractivity contribution in [3.8, 4) is 0 Å². The molecule has 1 aliphatic rings. The predicted molar refractivity (Wildman–Crippen MR) is 69.8 cm³/mol. The van der Waals surface area contributed by atoms with Crippen LogP contribution < -0.4 is 5.32 Å². The standard InChI is InChI=1S/C15H23N/c1-11-6-12(2)8-13(7-11)9-14-4-5-15(14)10-16-3/h6-8,14-16H,4-5,9-10H2,1-3H3. The largest absolute Gasteiger partial charge is 0.319 e. The van der Waals surface area contributed by atoms with Crippen LogP contribution >= 0.6 is 0 Å². The third-order valence-electron chi connectivity index (χ3n) is 3.82. The quantitative estimate of drug-likeness (QED) is 0.817. The Bertz CT molecular complexity index is 336. The van der Waals surface area contributed by atoms with Gasteiger partial charge in [0.15, 0.2) is 0 Å². The van der Waals surface area contributed by atoms with Crippen LogP contribution in [0.5, 0.6) is 0 Å². The second kappa shape index (κ2) is 5.01. The van der Waals surface area contributed by atoms with Crippen molar-refractivity contribution < 1.29 is 0 Å². The first kappa shape index (κ1) is 11.7. The third kappa shape index (κ3) is 2.65. The molecule has 2 unspecified atom stereocenters. The molecule has 2 rings (SSSR count). The Kier molecular flexibility index (Phi) is 3.65. The van der Waals surface area contributed by atoms with E-state index in [4.69, 9.17) is 0 Å². The predicted octanol–water partition coefficient (Wildman–Crippen LogP) is 3.09. The molecule has 0 aliphatic heterocycles. The van der Waals surface area contributed by atoms with Gasteiger partial charge in [0, 0.05) is 0 Å². The summed E-state index contributed by atoms with van der Waals surface area (Å²) in [6.45, 7) is 5.58. The topological polar surface area (TPSA) is 12.0 Å². The fraction of sp³-hybridized carbons (Fsp3) is 0.600. The molecule has 0 heterocycles. The minimum atomic E-state index is 0.908. The van der Waals surface area contributed by atoms with Gasteiger partial charge in [-0.1, -0.05) is 29.3 Å². The Morgan fingerprint density at radius 1 is 1.06 bits per heavy atom. The first-order chi connectivity index (χ1) is 7.69. The summed E-state index contributed by atoms with van der Waals surface area (Å²) in [6.07, 6.45) is 4.10. The van der Waals surface area contributed by atoms with Crippen molar-refractivity contribution in [2.24, 2.45) is 11.8 Å². The lowest BCUT2D eigenvalue weighted by Gasteiger charge is -2.37. The molecule has 0 radical (unpaired) electrons. The number of nitrogens with one attached hydrogen (secondary N) is 1. The molecule has 1 nitrogen and oxygen atoms in total. The molecule has 0 bridgehead atoms. The van der Waals surface area contributed by atoms with Crippen LogP contribution in [0, 0.1) is 25.7 Å². The van der Waals surface area contributed by atoms with E-state index in [0.717, 1.165) is 11.8 Å². The Morgan fingerprint density at radius 2 is 1.69 bits per heavy atom. The van der Waals surface area contributed by atoms with Crippen LogP contribution in [0.25, 0.3) is 0 Å². The highest BCUT2D eigenvalue weighted by atomic mass is 14.8. The fourth-order valence-corrected chi connectivity index (χ4v) is 2.93. The van der Waals surface area contributed by atoms with Crippen molar-refractivity contribution >= 4 is 0 Å². The summed E-state index contributed by atoms with van der Waals surface area (Å²) in [5.41, 5.74) is 4.34. The van der Waals surface area contributed by atoms with E-state index in [1.807, 2.05) is 0 Å². The number of rotatable bonds is 4. The van der Waals surface area contributed by atoms with Crippen molar-refractivity contribution in [2.45, 2.75) is 33.1 Å². The van der Waals surface area contributed by atoms with Gasteiger partial charge in [-0.3, -0.25) is 0 Å². The summed E-state index contributed by atoms with van der Waals surface area (Å²) in [5, 5.41) is 3.31. The maximum absolute atomic E-state index is 3.31. The average molecular weight is 217 g/mol. The Hall–Kier alpha value is -0.820. The Balaban J connectivity index is 1.98. The van der Waals surface area contributed by atoms with Crippen LogP contribution in [0.2, 0.25) is 0 Å². The van der Waals surface area contributed by atoms with Crippen LogP contribution in [-0.2, 0) is 6.42 Å². The maximum atomic E-state index is 3.31. The van der Waals surface area contributed by atoms with Gasteiger partial charge in [-0.25, -0.2) is 0 Å². The SMILES string of the molecule is CNCC1CCC1Cc1cc(C)cc(C)c1. The lowest BCUT2D eigenvalue weighted by atomic mass is 9.70. The van der Waals surface area contributed by atoms with Gasteiger partial charge in [0.1, 0.15) is 0 Å². The van der Waals surface area contributed by atoms with Crippen molar-refractivity contribution in [1.82, 2.24) is 5.32 Å². The fourth-order valence-electron chi connectivity index (χ4n) is 2.93. The zero-order valence-electron chi connectivity index (χ0n) is 10.7. The third-order valence-corrected chi connectivity index (χ3v) is 3.82. The van der Waals surface area contributed by atoms with Gasteiger partial charge < -0.3 is 5.32 Å². The summed E-state index contributed by atoms with van der Waals surface area (Å²) in [4.78, 5) is 0. The highest BCUT2D eigenvalue weighted by molar-refractivity contribution is 5.29. The summed E-state index contributed by atoms with van der Waals surface area (Å²) in [7, 11) is 2.06. The first-order valence-corrected chi connectivity index (χ1v) is 6.41. The minimum absolute atomic E-state index is 0.908. The van der Waals surface area contributed by atoms with E-state index in [2.05, 4.69) is 44.4 Å². The van der Waals surface area contributed by atoms with E-state index in [-0.39, 0.29) is 0 Å². The number of benzene rings is 1. The van der Waals surface area contributed by atoms with E-state index in [0.29, 0.717) is 0 Å². The van der Waals surface area contributed by atoms with E-state index in [1.165, 1.54) is 42.5 Å². The van der Waals surface area contributed by atoms with Crippen LogP contribution in [-0.4, -0.2) is 13.6 Å². The summed E-state index contributed by atoms with van der Waals surface area (Å²) in [6, 6.07) is 6.96. The van der Waals surface area contributed by atoms with Gasteiger partial charge in [0.2, 0.25) is 0 Å². The lowest BCUT2D eigenvalue weighted by Crippen LogP contribution is -2.35. The molecule has 1 N–H and O–H groups in total. The highest BCUT2D eigenvalue weighted by Crippen LogP contribution is 2.36. The zero-order chi connectivity index (χ0) is 11.5. The van der Waals surface area contributed by atoms with Crippen LogP contribution in [0.15, 0.2) is 18.2 Å². The molecule has 1 heteroatoms. The van der Waals surface area contributed by atoms with E-state index < -0.39 is 0 Å². The van der Waals surface area contributed by atoms with Crippen LogP contribution in [0.4, 0.5) is 0 Å². The second-order valence-corrected chi connectivity index (χ2v) is 5.36. The van der Waals surface area contributed by atoms with Gasteiger partial charge in [-0.15, -0.1) is 0 Å². The molecule has 0 aromatic heterocycles. The van der Waals surface area contributed by atoms with Crippen molar-refractivity contribution in [3.63, 3.8) is 0 Å². The highest BCUT2D eigenvalue weighted by Gasteiger charge is 2.29. The molecule has 0 saturated heterocycles. The summed E-state index contributed by atoms with van der Waals surface area (Å²) in [5.74, 6) is 1.82. The number of hydrogen-bond donors (Lipinski definition) is 1. The van der Waals surface area contributed by atoms with Crippen LogP contribution in [0.3, 0.4) is 0 Å². The molecule has 1 aromatic carbocycles. The number of hydrogen-bond acceptors (Lipinski definition) is 1. The molecule has 1 aliphatic carbocycles. The Labute approximate surface area is 99.3 Å². The average Bonchev–Trinajstić information content (AvgIpc) is 2.20. The summed E-state index contributed by atoms with van der Waals surface area (Å²) < 4.78 is 0. The minimum Gasteiger partial charge on any atom is -0.319 e. The molecule has 1 saturated carbocycles. The van der Waals surface area contributed by atoms with Gasteiger partial charge in [-0.05, 0) is 64.1 Å². The van der Waals surface area contributed by atoms with Crippen molar-refractivity contribution in [1.29, 1.82) is 0 Å². The molecule has 0 spiro atoms. The molecule has 0 amide bonds. The van der Waals surface area contributed by atoms with E-state index in [9.17, 15) is 0 Å². The normalized spacial score (nSPS) is 24.2.